The van der Waals surface area contributed by atoms with Crippen molar-refractivity contribution < 1.29 is 0 Å². The Kier molecular flexibility index (Phi) is 3.31. The molecule has 0 aliphatic heterocycles. The average molecular weight is 238 g/mol. The van der Waals surface area contributed by atoms with Crippen molar-refractivity contribution in [3.05, 3.63) is 0 Å². The molecule has 0 amide bonds. The Labute approximate surface area is 103 Å². The molecule has 3 fully saturated rings. The predicted molar refractivity (Wildman–Crippen MR) is 73.6 cm³/mol. The van der Waals surface area contributed by atoms with Gasteiger partial charge in [0.05, 0.1) is 0 Å². The standard InChI is InChI=1S/C15H27P/c1-10-12-7-6-11-4-2-3-5-13(11)14(12)8-9-15(10)16/h10-15H,2-9,16H2,1H3. The minimum atomic E-state index is 0.918. The number of hydrogen-bond acceptors (Lipinski definition) is 0. The summed E-state index contributed by atoms with van der Waals surface area (Å²) < 4.78 is 0. The van der Waals surface area contributed by atoms with E-state index < -0.39 is 0 Å². The molecule has 0 radical (unpaired) electrons. The minimum Gasteiger partial charge on any atom is -0.134 e. The van der Waals surface area contributed by atoms with Crippen molar-refractivity contribution in [1.29, 1.82) is 0 Å². The molecule has 7 atom stereocenters. The summed E-state index contributed by atoms with van der Waals surface area (Å²) in [4.78, 5) is 0. The lowest BCUT2D eigenvalue weighted by molar-refractivity contribution is 0.00390. The van der Waals surface area contributed by atoms with Crippen LogP contribution >= 0.6 is 9.24 Å². The van der Waals surface area contributed by atoms with Gasteiger partial charge in [-0.3, -0.25) is 0 Å². The lowest BCUT2D eigenvalue weighted by atomic mass is 9.55. The second kappa shape index (κ2) is 4.60. The van der Waals surface area contributed by atoms with E-state index in [2.05, 4.69) is 16.2 Å². The lowest BCUT2D eigenvalue weighted by Gasteiger charge is -2.51. The van der Waals surface area contributed by atoms with Crippen molar-refractivity contribution in [2.24, 2.45) is 29.6 Å². The highest BCUT2D eigenvalue weighted by atomic mass is 31.0. The molecule has 0 spiro atoms. The molecule has 1 heteroatoms. The van der Waals surface area contributed by atoms with Crippen LogP contribution in [0.4, 0.5) is 0 Å². The third-order valence-corrected chi connectivity index (χ3v) is 7.06. The monoisotopic (exact) mass is 238 g/mol. The van der Waals surface area contributed by atoms with Gasteiger partial charge in [-0.15, -0.1) is 9.24 Å². The highest BCUT2D eigenvalue weighted by molar-refractivity contribution is 7.17. The Morgan fingerprint density at radius 1 is 0.750 bits per heavy atom. The van der Waals surface area contributed by atoms with E-state index in [0.717, 1.165) is 35.2 Å². The summed E-state index contributed by atoms with van der Waals surface area (Å²) in [6.45, 7) is 2.53. The maximum Gasteiger partial charge on any atom is -0.0236 e. The van der Waals surface area contributed by atoms with E-state index in [9.17, 15) is 0 Å². The van der Waals surface area contributed by atoms with Crippen LogP contribution in [0.15, 0.2) is 0 Å². The van der Waals surface area contributed by atoms with Crippen LogP contribution in [0.3, 0.4) is 0 Å². The van der Waals surface area contributed by atoms with Gasteiger partial charge < -0.3 is 0 Å². The van der Waals surface area contributed by atoms with Gasteiger partial charge in [-0.2, -0.15) is 0 Å². The zero-order chi connectivity index (χ0) is 11.1. The van der Waals surface area contributed by atoms with E-state index >= 15 is 0 Å². The van der Waals surface area contributed by atoms with E-state index in [4.69, 9.17) is 0 Å². The Balaban J connectivity index is 1.76. The summed E-state index contributed by atoms with van der Waals surface area (Å²) in [5.74, 6) is 5.43. The fourth-order valence-electron chi connectivity index (χ4n) is 5.14. The van der Waals surface area contributed by atoms with E-state index in [1.54, 1.807) is 32.1 Å². The van der Waals surface area contributed by atoms with E-state index in [1.807, 2.05) is 0 Å². The van der Waals surface area contributed by atoms with Crippen LogP contribution in [0.5, 0.6) is 0 Å². The van der Waals surface area contributed by atoms with Crippen LogP contribution in [-0.4, -0.2) is 5.66 Å². The normalized spacial score (nSPS) is 52.9. The summed E-state index contributed by atoms with van der Waals surface area (Å²) >= 11 is 0. The molecular weight excluding hydrogens is 211 g/mol. The first kappa shape index (κ1) is 11.5. The molecule has 0 N–H and O–H groups in total. The summed E-state index contributed by atoms with van der Waals surface area (Å²) in [5.41, 5.74) is 0.918. The molecule has 0 aromatic carbocycles. The maximum atomic E-state index is 3.12. The Hall–Kier alpha value is 0.430. The molecule has 7 unspecified atom stereocenters. The zero-order valence-electron chi connectivity index (χ0n) is 10.7. The SMILES string of the molecule is CC1C(P)CCC2C3CCCCC3CCC12. The van der Waals surface area contributed by atoms with Gasteiger partial charge in [0.15, 0.2) is 0 Å². The second-order valence-electron chi connectivity index (χ2n) is 6.71. The molecule has 0 saturated heterocycles. The Bertz CT molecular complexity index is 246. The molecule has 3 aliphatic carbocycles. The fraction of sp³-hybridized carbons (Fsp3) is 1.00. The van der Waals surface area contributed by atoms with Crippen LogP contribution in [0, 0.1) is 29.6 Å². The third-order valence-electron chi connectivity index (χ3n) is 6.12. The quantitative estimate of drug-likeness (QED) is 0.545. The van der Waals surface area contributed by atoms with Crippen molar-refractivity contribution in [2.75, 3.05) is 0 Å². The van der Waals surface area contributed by atoms with Crippen molar-refractivity contribution in [3.8, 4) is 0 Å². The van der Waals surface area contributed by atoms with Crippen molar-refractivity contribution in [1.82, 2.24) is 0 Å². The zero-order valence-corrected chi connectivity index (χ0v) is 11.9. The largest absolute Gasteiger partial charge is 0.134 e. The molecule has 3 rings (SSSR count). The van der Waals surface area contributed by atoms with Crippen LogP contribution in [-0.2, 0) is 0 Å². The lowest BCUT2D eigenvalue weighted by Crippen LogP contribution is -2.44. The predicted octanol–water partition coefficient (Wildman–Crippen LogP) is 4.49. The van der Waals surface area contributed by atoms with Gasteiger partial charge >= 0.3 is 0 Å². The summed E-state index contributed by atoms with van der Waals surface area (Å²) in [7, 11) is 3.12. The van der Waals surface area contributed by atoms with E-state index in [0.29, 0.717) is 0 Å². The molecule has 3 saturated carbocycles. The molecule has 0 aromatic rings. The highest BCUT2D eigenvalue weighted by Gasteiger charge is 2.44. The number of rotatable bonds is 0. The van der Waals surface area contributed by atoms with E-state index in [-0.39, 0.29) is 0 Å². The third kappa shape index (κ3) is 1.86. The van der Waals surface area contributed by atoms with E-state index in [1.165, 1.54) is 19.3 Å². The maximum absolute atomic E-state index is 3.12. The number of fused-ring (bicyclic) bond motifs is 3. The van der Waals surface area contributed by atoms with Crippen LogP contribution in [0.1, 0.15) is 58.3 Å². The van der Waals surface area contributed by atoms with Crippen LogP contribution < -0.4 is 0 Å². The minimum absolute atomic E-state index is 0.918. The number of hydrogen-bond donors (Lipinski definition) is 0. The fourth-order valence-corrected chi connectivity index (χ4v) is 5.62. The van der Waals surface area contributed by atoms with Gasteiger partial charge in [0.2, 0.25) is 0 Å². The topological polar surface area (TPSA) is 0 Å². The molecule has 16 heavy (non-hydrogen) atoms. The first-order valence-corrected chi connectivity index (χ1v) is 8.19. The van der Waals surface area contributed by atoms with Crippen LogP contribution in [0.25, 0.3) is 0 Å². The first-order chi connectivity index (χ1) is 7.77. The van der Waals surface area contributed by atoms with Gasteiger partial charge in [-0.05, 0) is 67.4 Å². The van der Waals surface area contributed by atoms with Gasteiger partial charge in [0.25, 0.3) is 0 Å². The van der Waals surface area contributed by atoms with Crippen LogP contribution in [0.2, 0.25) is 0 Å². The summed E-state index contributed by atoms with van der Waals surface area (Å²) in [5, 5.41) is 0. The van der Waals surface area contributed by atoms with Crippen molar-refractivity contribution in [2.45, 2.75) is 63.9 Å². The molecule has 0 bridgehead atoms. The molecular formula is C15H27P. The molecule has 0 heterocycles. The highest BCUT2D eigenvalue weighted by Crippen LogP contribution is 2.53. The Morgan fingerprint density at radius 2 is 1.50 bits per heavy atom. The van der Waals surface area contributed by atoms with Gasteiger partial charge in [-0.25, -0.2) is 0 Å². The van der Waals surface area contributed by atoms with Gasteiger partial charge in [-0.1, -0.05) is 26.2 Å². The molecule has 3 aliphatic rings. The average Bonchev–Trinajstić information content (AvgIpc) is 2.33. The smallest absolute Gasteiger partial charge is 0.0236 e. The molecule has 0 aromatic heterocycles. The second-order valence-corrected chi connectivity index (χ2v) is 7.57. The van der Waals surface area contributed by atoms with Crippen molar-refractivity contribution >= 4 is 9.24 Å². The summed E-state index contributed by atoms with van der Waals surface area (Å²) in [6, 6.07) is 0. The van der Waals surface area contributed by atoms with Gasteiger partial charge in [0.1, 0.15) is 0 Å². The van der Waals surface area contributed by atoms with Gasteiger partial charge in [0, 0.05) is 0 Å². The summed E-state index contributed by atoms with van der Waals surface area (Å²) in [6.07, 6.45) is 12.3. The van der Waals surface area contributed by atoms with Crippen molar-refractivity contribution in [3.63, 3.8) is 0 Å². The Morgan fingerprint density at radius 3 is 2.38 bits per heavy atom. The molecule has 92 valence electrons. The molecule has 0 nitrogen and oxygen atoms in total. The first-order valence-electron chi connectivity index (χ1n) is 7.53.